The molecule has 0 fully saturated rings. The van der Waals surface area contributed by atoms with Crippen LogP contribution < -0.4 is 5.32 Å². The minimum Gasteiger partial charge on any atom is -0.355 e. The Hall–Kier alpha value is -1.75. The lowest BCUT2D eigenvalue weighted by Gasteiger charge is -2.26. The molecule has 1 aromatic rings. The molecular formula is C17H25FN2O2. The Balaban J connectivity index is 2.37. The molecule has 0 saturated heterocycles. The fraction of sp³-hybridized carbons (Fsp3) is 0.529. The number of hydrogen-bond acceptors (Lipinski definition) is 3. The van der Waals surface area contributed by atoms with Crippen molar-refractivity contribution in [3.8, 4) is 0 Å². The third kappa shape index (κ3) is 5.56. The summed E-state index contributed by atoms with van der Waals surface area (Å²) in [6.07, 6.45) is 0.102. The molecule has 0 aromatic heterocycles. The van der Waals surface area contributed by atoms with E-state index in [1.807, 2.05) is 0 Å². The maximum atomic E-state index is 13.5. The van der Waals surface area contributed by atoms with Crippen LogP contribution in [0.25, 0.3) is 0 Å². The van der Waals surface area contributed by atoms with Gasteiger partial charge in [0.2, 0.25) is 5.91 Å². The van der Waals surface area contributed by atoms with Gasteiger partial charge in [0.15, 0.2) is 5.78 Å². The van der Waals surface area contributed by atoms with E-state index in [-0.39, 0.29) is 36.1 Å². The average Bonchev–Trinajstić information content (AvgIpc) is 2.52. The Bertz CT molecular complexity index is 501. The lowest BCUT2D eigenvalue weighted by Crippen LogP contribution is -2.42. The Labute approximate surface area is 131 Å². The molecule has 0 bridgehead atoms. The number of Topliss-reactive ketones (excluding diaryl/α,β-unsaturated/α-hetero) is 1. The molecule has 0 saturated carbocycles. The highest BCUT2D eigenvalue weighted by molar-refractivity contribution is 5.98. The molecule has 22 heavy (non-hydrogen) atoms. The maximum Gasteiger partial charge on any atom is 0.220 e. The summed E-state index contributed by atoms with van der Waals surface area (Å²) in [5.41, 5.74) is 0.0480. The van der Waals surface area contributed by atoms with Gasteiger partial charge in [-0.1, -0.05) is 26.0 Å². The van der Waals surface area contributed by atoms with Gasteiger partial charge in [-0.05, 0) is 32.1 Å². The molecule has 1 rings (SSSR count). The second-order valence-electron chi connectivity index (χ2n) is 5.28. The first kappa shape index (κ1) is 18.3. The smallest absolute Gasteiger partial charge is 0.220 e. The average molecular weight is 308 g/mol. The summed E-state index contributed by atoms with van der Waals surface area (Å²) in [6, 6.07) is 6.09. The monoisotopic (exact) mass is 308 g/mol. The third-order valence-corrected chi connectivity index (χ3v) is 3.78. The standard InChI is InChI=1S/C17H25FN2O2/c1-4-20(5-2)13(3)12-19-17(22)11-10-16(21)14-8-6-7-9-15(14)18/h6-9,13H,4-5,10-12H2,1-3H3,(H,19,22). The van der Waals surface area contributed by atoms with Crippen molar-refractivity contribution in [1.82, 2.24) is 10.2 Å². The van der Waals surface area contributed by atoms with Crippen LogP contribution in [0, 0.1) is 5.82 Å². The van der Waals surface area contributed by atoms with Gasteiger partial charge in [-0.25, -0.2) is 4.39 Å². The topological polar surface area (TPSA) is 49.4 Å². The fourth-order valence-corrected chi connectivity index (χ4v) is 2.38. The van der Waals surface area contributed by atoms with Crippen LogP contribution in [0.3, 0.4) is 0 Å². The van der Waals surface area contributed by atoms with Crippen LogP contribution in [0.15, 0.2) is 24.3 Å². The van der Waals surface area contributed by atoms with Crippen LogP contribution in [-0.4, -0.2) is 42.3 Å². The molecule has 0 radical (unpaired) electrons. The number of nitrogens with one attached hydrogen (secondary N) is 1. The lowest BCUT2D eigenvalue weighted by atomic mass is 10.1. The number of ketones is 1. The van der Waals surface area contributed by atoms with Crippen molar-refractivity contribution < 1.29 is 14.0 Å². The molecule has 1 unspecified atom stereocenters. The predicted octanol–water partition coefficient (Wildman–Crippen LogP) is 2.64. The molecule has 4 nitrogen and oxygen atoms in total. The molecule has 1 atom stereocenters. The van der Waals surface area contributed by atoms with Crippen LogP contribution in [0.5, 0.6) is 0 Å². The molecular weight excluding hydrogens is 283 g/mol. The van der Waals surface area contributed by atoms with Gasteiger partial charge in [-0.15, -0.1) is 0 Å². The summed E-state index contributed by atoms with van der Waals surface area (Å²) in [5, 5.41) is 2.83. The minimum absolute atomic E-state index is 0.0203. The van der Waals surface area contributed by atoms with E-state index in [9.17, 15) is 14.0 Å². The summed E-state index contributed by atoms with van der Waals surface area (Å²) in [6.45, 7) is 8.62. The molecule has 5 heteroatoms. The minimum atomic E-state index is -0.539. The Morgan fingerprint density at radius 2 is 1.82 bits per heavy atom. The highest BCUT2D eigenvalue weighted by atomic mass is 19.1. The normalized spacial score (nSPS) is 12.2. The number of nitrogens with zero attached hydrogens (tertiary/aromatic N) is 1. The van der Waals surface area contributed by atoms with Crippen LogP contribution in [-0.2, 0) is 4.79 Å². The molecule has 0 heterocycles. The second-order valence-corrected chi connectivity index (χ2v) is 5.28. The lowest BCUT2D eigenvalue weighted by molar-refractivity contribution is -0.121. The highest BCUT2D eigenvalue weighted by Gasteiger charge is 2.14. The van der Waals surface area contributed by atoms with Gasteiger partial charge in [0.25, 0.3) is 0 Å². The third-order valence-electron chi connectivity index (χ3n) is 3.78. The summed E-state index contributed by atoms with van der Waals surface area (Å²) in [7, 11) is 0. The van der Waals surface area contributed by atoms with Crippen molar-refractivity contribution in [2.24, 2.45) is 0 Å². The number of rotatable bonds is 9. The van der Waals surface area contributed by atoms with Gasteiger partial charge >= 0.3 is 0 Å². The van der Waals surface area contributed by atoms with Crippen molar-refractivity contribution in [3.63, 3.8) is 0 Å². The van der Waals surface area contributed by atoms with Crippen molar-refractivity contribution in [2.45, 2.75) is 39.7 Å². The van der Waals surface area contributed by atoms with E-state index >= 15 is 0 Å². The number of hydrogen-bond donors (Lipinski definition) is 1. The zero-order chi connectivity index (χ0) is 16.5. The van der Waals surface area contributed by atoms with E-state index in [0.29, 0.717) is 6.54 Å². The molecule has 0 aliphatic carbocycles. The van der Waals surface area contributed by atoms with E-state index in [0.717, 1.165) is 13.1 Å². The first-order valence-electron chi connectivity index (χ1n) is 7.78. The van der Waals surface area contributed by atoms with E-state index in [4.69, 9.17) is 0 Å². The largest absolute Gasteiger partial charge is 0.355 e. The van der Waals surface area contributed by atoms with E-state index in [2.05, 4.69) is 31.0 Å². The molecule has 1 aromatic carbocycles. The SMILES string of the molecule is CCN(CC)C(C)CNC(=O)CCC(=O)c1ccccc1F. The second kappa shape index (κ2) is 9.30. The fourth-order valence-electron chi connectivity index (χ4n) is 2.38. The van der Waals surface area contributed by atoms with Crippen LogP contribution in [0.2, 0.25) is 0 Å². The Morgan fingerprint density at radius 1 is 1.18 bits per heavy atom. The van der Waals surface area contributed by atoms with Gasteiger partial charge in [0.1, 0.15) is 5.82 Å². The number of halogens is 1. The Morgan fingerprint density at radius 3 is 2.41 bits per heavy atom. The number of benzene rings is 1. The van der Waals surface area contributed by atoms with Crippen LogP contribution >= 0.6 is 0 Å². The van der Waals surface area contributed by atoms with E-state index in [1.165, 1.54) is 18.2 Å². The van der Waals surface area contributed by atoms with Gasteiger partial charge in [-0.3, -0.25) is 14.5 Å². The molecule has 0 aliphatic rings. The number of carbonyl (C=O) groups is 2. The van der Waals surface area contributed by atoms with Crippen LogP contribution in [0.4, 0.5) is 4.39 Å². The zero-order valence-electron chi connectivity index (χ0n) is 13.6. The first-order valence-corrected chi connectivity index (χ1v) is 7.78. The number of likely N-dealkylation sites (N-methyl/N-ethyl adjacent to an activating group) is 1. The molecule has 122 valence electrons. The van der Waals surface area contributed by atoms with Gasteiger partial charge in [-0.2, -0.15) is 0 Å². The Kier molecular flexibility index (Phi) is 7.74. The van der Waals surface area contributed by atoms with Crippen molar-refractivity contribution in [1.29, 1.82) is 0 Å². The van der Waals surface area contributed by atoms with Gasteiger partial charge in [0.05, 0.1) is 5.56 Å². The van der Waals surface area contributed by atoms with Gasteiger partial charge in [0, 0.05) is 25.4 Å². The summed E-state index contributed by atoms with van der Waals surface area (Å²) in [4.78, 5) is 25.9. The molecule has 1 amide bonds. The molecule has 0 aliphatic heterocycles. The highest BCUT2D eigenvalue weighted by Crippen LogP contribution is 2.10. The van der Waals surface area contributed by atoms with Crippen molar-refractivity contribution in [3.05, 3.63) is 35.6 Å². The first-order chi connectivity index (χ1) is 10.5. The van der Waals surface area contributed by atoms with E-state index in [1.54, 1.807) is 6.07 Å². The van der Waals surface area contributed by atoms with Crippen LogP contribution in [0.1, 0.15) is 44.0 Å². The van der Waals surface area contributed by atoms with Crippen molar-refractivity contribution >= 4 is 11.7 Å². The predicted molar refractivity (Wildman–Crippen MR) is 85.4 cm³/mol. The summed E-state index contributed by atoms with van der Waals surface area (Å²) in [5.74, 6) is -1.06. The van der Waals surface area contributed by atoms with E-state index < -0.39 is 5.82 Å². The molecule has 0 spiro atoms. The van der Waals surface area contributed by atoms with Crippen molar-refractivity contribution in [2.75, 3.05) is 19.6 Å². The number of carbonyl (C=O) groups excluding carboxylic acids is 2. The maximum absolute atomic E-state index is 13.5. The number of amides is 1. The zero-order valence-corrected chi connectivity index (χ0v) is 13.6. The van der Waals surface area contributed by atoms with Gasteiger partial charge < -0.3 is 5.32 Å². The summed E-state index contributed by atoms with van der Waals surface area (Å²) >= 11 is 0. The quantitative estimate of drug-likeness (QED) is 0.714. The summed E-state index contributed by atoms with van der Waals surface area (Å²) < 4.78 is 13.5. The molecule has 1 N–H and O–H groups in total.